The first-order valence-electron chi connectivity index (χ1n) is 4.40. The van der Waals surface area contributed by atoms with Crippen molar-refractivity contribution in [3.05, 3.63) is 33.8 Å². The van der Waals surface area contributed by atoms with E-state index in [9.17, 15) is 0 Å². The third-order valence-electron chi connectivity index (χ3n) is 1.96. The van der Waals surface area contributed by atoms with E-state index < -0.39 is 0 Å². The molecule has 76 valence electrons. The maximum atomic E-state index is 5.40. The lowest BCUT2D eigenvalue weighted by atomic mass is 10.1. The van der Waals surface area contributed by atoms with E-state index in [0.29, 0.717) is 6.54 Å². The van der Waals surface area contributed by atoms with Crippen LogP contribution in [0.5, 0.6) is 5.75 Å². The second-order valence-corrected chi connectivity index (χ2v) is 3.75. The Hall–Kier alpha value is -0.800. The molecule has 0 aliphatic carbocycles. The molecule has 14 heavy (non-hydrogen) atoms. The van der Waals surface area contributed by atoms with Crippen molar-refractivity contribution in [2.75, 3.05) is 13.7 Å². The number of hydrogen-bond acceptors (Lipinski definition) is 2. The molecule has 3 heteroatoms. The molecule has 2 N–H and O–H groups in total. The molecule has 0 aromatic heterocycles. The van der Waals surface area contributed by atoms with E-state index in [0.717, 1.165) is 21.3 Å². The molecule has 0 fully saturated rings. The first-order chi connectivity index (χ1) is 6.70. The predicted octanol–water partition coefficient (Wildman–Crippen LogP) is 2.74. The lowest BCUT2D eigenvalue weighted by Crippen LogP contribution is -1.94. The third-order valence-corrected chi connectivity index (χ3v) is 2.94. The molecule has 0 saturated carbocycles. The minimum atomic E-state index is 0.536. The van der Waals surface area contributed by atoms with Crippen molar-refractivity contribution in [1.82, 2.24) is 0 Å². The quantitative estimate of drug-likeness (QED) is 0.902. The van der Waals surface area contributed by atoms with E-state index in [1.807, 2.05) is 31.2 Å². The van der Waals surface area contributed by atoms with Gasteiger partial charge in [0, 0.05) is 12.1 Å². The van der Waals surface area contributed by atoms with Crippen LogP contribution in [-0.4, -0.2) is 13.7 Å². The highest BCUT2D eigenvalue weighted by Crippen LogP contribution is 2.32. The van der Waals surface area contributed by atoms with Gasteiger partial charge < -0.3 is 10.5 Å². The van der Waals surface area contributed by atoms with Gasteiger partial charge in [-0.2, -0.15) is 0 Å². The van der Waals surface area contributed by atoms with Crippen LogP contribution in [0.25, 0.3) is 6.08 Å². The molecule has 0 atom stereocenters. The minimum absolute atomic E-state index is 0.536. The molecule has 0 saturated heterocycles. The van der Waals surface area contributed by atoms with Gasteiger partial charge in [0.2, 0.25) is 0 Å². The summed E-state index contributed by atoms with van der Waals surface area (Å²) in [5, 5.41) is 0. The van der Waals surface area contributed by atoms with Crippen molar-refractivity contribution >= 4 is 22.0 Å². The fourth-order valence-corrected chi connectivity index (χ4v) is 1.73. The van der Waals surface area contributed by atoms with Crippen molar-refractivity contribution < 1.29 is 4.74 Å². The molecule has 0 aliphatic rings. The average Bonchev–Trinajstić information content (AvgIpc) is 2.20. The molecule has 0 unspecified atom stereocenters. The second-order valence-electron chi connectivity index (χ2n) is 2.96. The van der Waals surface area contributed by atoms with Gasteiger partial charge in [0.15, 0.2) is 0 Å². The molecule has 0 aliphatic heterocycles. The molecule has 0 spiro atoms. The minimum Gasteiger partial charge on any atom is -0.495 e. The monoisotopic (exact) mass is 255 g/mol. The van der Waals surface area contributed by atoms with E-state index >= 15 is 0 Å². The van der Waals surface area contributed by atoms with Crippen molar-refractivity contribution in [3.8, 4) is 5.75 Å². The highest BCUT2D eigenvalue weighted by molar-refractivity contribution is 9.10. The van der Waals surface area contributed by atoms with Crippen molar-refractivity contribution in [1.29, 1.82) is 0 Å². The largest absolute Gasteiger partial charge is 0.495 e. The fourth-order valence-electron chi connectivity index (χ4n) is 1.20. The number of benzene rings is 1. The Balaban J connectivity index is 3.17. The summed E-state index contributed by atoms with van der Waals surface area (Å²) in [6, 6.07) is 4.06. The Morgan fingerprint density at radius 1 is 1.50 bits per heavy atom. The summed E-state index contributed by atoms with van der Waals surface area (Å²) in [5.74, 6) is 0.856. The lowest BCUT2D eigenvalue weighted by Gasteiger charge is -2.09. The van der Waals surface area contributed by atoms with Crippen LogP contribution in [0.3, 0.4) is 0 Å². The van der Waals surface area contributed by atoms with Gasteiger partial charge >= 0.3 is 0 Å². The molecule has 0 heterocycles. The molecule has 0 amide bonds. The fraction of sp³-hybridized carbons (Fsp3) is 0.273. The Kier molecular flexibility index (Phi) is 4.17. The maximum Gasteiger partial charge on any atom is 0.140 e. The molecular formula is C11H14BrNO. The zero-order chi connectivity index (χ0) is 10.6. The van der Waals surface area contributed by atoms with Crippen molar-refractivity contribution in [3.63, 3.8) is 0 Å². The summed E-state index contributed by atoms with van der Waals surface area (Å²) in [7, 11) is 1.67. The summed E-state index contributed by atoms with van der Waals surface area (Å²) in [5.41, 5.74) is 7.59. The van der Waals surface area contributed by atoms with Gasteiger partial charge in [-0.15, -0.1) is 0 Å². The maximum absolute atomic E-state index is 5.40. The number of ether oxygens (including phenoxy) is 1. The van der Waals surface area contributed by atoms with E-state index in [1.54, 1.807) is 7.11 Å². The van der Waals surface area contributed by atoms with Crippen LogP contribution < -0.4 is 10.5 Å². The second kappa shape index (κ2) is 5.17. The van der Waals surface area contributed by atoms with Gasteiger partial charge in [-0.05, 0) is 28.4 Å². The molecular weight excluding hydrogens is 242 g/mol. The highest BCUT2D eigenvalue weighted by atomic mass is 79.9. The summed E-state index contributed by atoms with van der Waals surface area (Å²) >= 11 is 3.49. The summed E-state index contributed by atoms with van der Waals surface area (Å²) < 4.78 is 6.31. The van der Waals surface area contributed by atoms with Crippen LogP contribution in [0.4, 0.5) is 0 Å². The smallest absolute Gasteiger partial charge is 0.140 e. The van der Waals surface area contributed by atoms with E-state index in [4.69, 9.17) is 10.5 Å². The molecule has 0 bridgehead atoms. The van der Waals surface area contributed by atoms with Gasteiger partial charge in [0.25, 0.3) is 0 Å². The molecule has 2 nitrogen and oxygen atoms in total. The van der Waals surface area contributed by atoms with E-state index in [2.05, 4.69) is 15.9 Å². The normalized spacial score (nSPS) is 10.9. The predicted molar refractivity (Wildman–Crippen MR) is 63.5 cm³/mol. The zero-order valence-corrected chi connectivity index (χ0v) is 9.97. The summed E-state index contributed by atoms with van der Waals surface area (Å²) in [6.45, 7) is 2.57. The van der Waals surface area contributed by atoms with Gasteiger partial charge in [0.1, 0.15) is 5.75 Å². The lowest BCUT2D eigenvalue weighted by molar-refractivity contribution is 0.411. The van der Waals surface area contributed by atoms with Crippen molar-refractivity contribution in [2.45, 2.75) is 6.92 Å². The highest BCUT2D eigenvalue weighted by Gasteiger charge is 2.06. The van der Waals surface area contributed by atoms with E-state index in [-0.39, 0.29) is 0 Å². The van der Waals surface area contributed by atoms with Gasteiger partial charge in [0.05, 0.1) is 11.6 Å². The Labute approximate surface area is 92.9 Å². The Morgan fingerprint density at radius 3 is 2.79 bits per heavy atom. The number of methoxy groups -OCH3 is 1. The molecule has 1 aromatic rings. The Bertz CT molecular complexity index is 347. The average molecular weight is 256 g/mol. The van der Waals surface area contributed by atoms with Gasteiger partial charge in [-0.1, -0.05) is 24.3 Å². The van der Waals surface area contributed by atoms with Crippen LogP contribution in [0.2, 0.25) is 0 Å². The van der Waals surface area contributed by atoms with E-state index in [1.165, 1.54) is 0 Å². The Morgan fingerprint density at radius 2 is 2.21 bits per heavy atom. The van der Waals surface area contributed by atoms with Crippen molar-refractivity contribution in [2.24, 2.45) is 5.73 Å². The standard InChI is InChI=1S/C11H14BrNO/c1-8-5-6-9(4-3-7-13)11(14-2)10(8)12/h3-6H,7,13H2,1-2H3/b4-3+. The number of halogens is 1. The van der Waals surface area contributed by atoms with Crippen LogP contribution in [-0.2, 0) is 0 Å². The number of aryl methyl sites for hydroxylation is 1. The number of rotatable bonds is 3. The summed E-state index contributed by atoms with van der Waals surface area (Å²) in [6.07, 6.45) is 3.86. The SMILES string of the molecule is COc1c(/C=C/CN)ccc(C)c1Br. The van der Waals surface area contributed by atoms with Crippen LogP contribution in [0, 0.1) is 6.92 Å². The topological polar surface area (TPSA) is 35.2 Å². The third kappa shape index (κ3) is 2.36. The molecule has 1 rings (SSSR count). The first-order valence-corrected chi connectivity index (χ1v) is 5.19. The molecule has 0 radical (unpaired) electrons. The van der Waals surface area contributed by atoms with Crippen LogP contribution in [0.1, 0.15) is 11.1 Å². The zero-order valence-electron chi connectivity index (χ0n) is 8.38. The number of nitrogens with two attached hydrogens (primary N) is 1. The van der Waals surface area contributed by atoms with Crippen LogP contribution >= 0.6 is 15.9 Å². The first kappa shape index (κ1) is 11.3. The van der Waals surface area contributed by atoms with Gasteiger partial charge in [-0.25, -0.2) is 0 Å². The number of hydrogen-bond donors (Lipinski definition) is 1. The van der Waals surface area contributed by atoms with Crippen LogP contribution in [0.15, 0.2) is 22.7 Å². The molecule has 1 aromatic carbocycles. The summed E-state index contributed by atoms with van der Waals surface area (Å²) in [4.78, 5) is 0. The van der Waals surface area contributed by atoms with Gasteiger partial charge in [-0.3, -0.25) is 0 Å².